The maximum atomic E-state index is 5.91. The molecule has 1 saturated carbocycles. The van der Waals surface area contributed by atoms with Gasteiger partial charge < -0.3 is 15.0 Å². The Hall–Kier alpha value is -0.120. The number of hydrogen-bond acceptors (Lipinski definition) is 3. The summed E-state index contributed by atoms with van der Waals surface area (Å²) in [7, 11) is 2.30. The Morgan fingerprint density at radius 3 is 2.52 bits per heavy atom. The van der Waals surface area contributed by atoms with Gasteiger partial charge in [0.15, 0.2) is 0 Å². The predicted octanol–water partition coefficient (Wildman–Crippen LogP) is 3.44. The molecule has 0 radical (unpaired) electrons. The van der Waals surface area contributed by atoms with Crippen LogP contribution in [-0.4, -0.2) is 50.3 Å². The van der Waals surface area contributed by atoms with E-state index in [1.807, 2.05) is 0 Å². The van der Waals surface area contributed by atoms with Crippen molar-refractivity contribution in [3.8, 4) is 0 Å². The molecule has 0 spiro atoms. The van der Waals surface area contributed by atoms with Gasteiger partial charge in [0.1, 0.15) is 0 Å². The average molecular weight is 296 g/mol. The van der Waals surface area contributed by atoms with Crippen LogP contribution in [0, 0.1) is 5.41 Å². The molecule has 1 saturated heterocycles. The number of rotatable bonds is 7. The molecule has 0 aromatic carbocycles. The quantitative estimate of drug-likeness (QED) is 0.779. The molecule has 2 fully saturated rings. The SMILES string of the molecule is CC(C)NCC1(CN(C)CC2CCCCO2)CCCCC1. The van der Waals surface area contributed by atoms with E-state index < -0.39 is 0 Å². The fourth-order valence-corrected chi connectivity index (χ4v) is 4.05. The van der Waals surface area contributed by atoms with Gasteiger partial charge in [-0.2, -0.15) is 0 Å². The third-order valence-corrected chi connectivity index (χ3v) is 5.19. The molecule has 2 aliphatic rings. The van der Waals surface area contributed by atoms with Gasteiger partial charge in [0.2, 0.25) is 0 Å². The van der Waals surface area contributed by atoms with E-state index in [2.05, 4.69) is 31.1 Å². The van der Waals surface area contributed by atoms with Crippen molar-refractivity contribution in [2.75, 3.05) is 33.3 Å². The van der Waals surface area contributed by atoms with Gasteiger partial charge in [-0.3, -0.25) is 0 Å². The van der Waals surface area contributed by atoms with E-state index in [1.165, 1.54) is 64.5 Å². The summed E-state index contributed by atoms with van der Waals surface area (Å²) in [6, 6.07) is 0.593. The second kappa shape index (κ2) is 8.50. The second-order valence-electron chi connectivity index (χ2n) is 7.78. The molecule has 1 aliphatic carbocycles. The molecule has 3 nitrogen and oxygen atoms in total. The average Bonchev–Trinajstić information content (AvgIpc) is 2.47. The maximum absolute atomic E-state index is 5.91. The maximum Gasteiger partial charge on any atom is 0.0701 e. The number of ether oxygens (including phenoxy) is 1. The summed E-state index contributed by atoms with van der Waals surface area (Å²) >= 11 is 0. The van der Waals surface area contributed by atoms with Crippen LogP contribution in [0.15, 0.2) is 0 Å². The van der Waals surface area contributed by atoms with Crippen LogP contribution in [-0.2, 0) is 4.74 Å². The smallest absolute Gasteiger partial charge is 0.0701 e. The molecule has 0 aromatic rings. The number of nitrogens with zero attached hydrogens (tertiary/aromatic N) is 1. The molecular weight excluding hydrogens is 260 g/mol. The standard InChI is InChI=1S/C18H36N2O/c1-16(2)19-14-18(10-6-4-7-11-18)15-20(3)13-17-9-5-8-12-21-17/h16-17,19H,4-15H2,1-3H3. The molecule has 0 aromatic heterocycles. The van der Waals surface area contributed by atoms with Crippen molar-refractivity contribution in [3.63, 3.8) is 0 Å². The lowest BCUT2D eigenvalue weighted by molar-refractivity contribution is -0.0107. The first-order chi connectivity index (χ1) is 10.1. The molecule has 0 bridgehead atoms. The highest BCUT2D eigenvalue weighted by atomic mass is 16.5. The van der Waals surface area contributed by atoms with Gasteiger partial charge in [0, 0.05) is 32.3 Å². The van der Waals surface area contributed by atoms with Crippen LogP contribution >= 0.6 is 0 Å². The van der Waals surface area contributed by atoms with Crippen LogP contribution in [0.1, 0.15) is 65.2 Å². The van der Waals surface area contributed by atoms with E-state index in [-0.39, 0.29) is 0 Å². The van der Waals surface area contributed by atoms with Crippen molar-refractivity contribution < 1.29 is 4.74 Å². The van der Waals surface area contributed by atoms with E-state index in [4.69, 9.17) is 4.74 Å². The Bertz CT molecular complexity index is 281. The Morgan fingerprint density at radius 2 is 1.90 bits per heavy atom. The molecule has 1 heterocycles. The molecule has 124 valence electrons. The van der Waals surface area contributed by atoms with Crippen molar-refractivity contribution in [3.05, 3.63) is 0 Å². The third kappa shape index (κ3) is 5.88. The zero-order valence-electron chi connectivity index (χ0n) is 14.5. The first-order valence-electron chi connectivity index (χ1n) is 9.13. The van der Waals surface area contributed by atoms with E-state index in [9.17, 15) is 0 Å². The lowest BCUT2D eigenvalue weighted by Crippen LogP contribution is -2.47. The van der Waals surface area contributed by atoms with Crippen molar-refractivity contribution >= 4 is 0 Å². The predicted molar refractivity (Wildman–Crippen MR) is 89.7 cm³/mol. The number of likely N-dealkylation sites (N-methyl/N-ethyl adjacent to an activating group) is 1. The summed E-state index contributed by atoms with van der Waals surface area (Å²) in [4.78, 5) is 2.54. The number of hydrogen-bond donors (Lipinski definition) is 1. The Kier molecular flexibility index (Phi) is 6.97. The molecule has 1 unspecified atom stereocenters. The fourth-order valence-electron chi connectivity index (χ4n) is 4.05. The van der Waals surface area contributed by atoms with Crippen LogP contribution < -0.4 is 5.32 Å². The first-order valence-corrected chi connectivity index (χ1v) is 9.13. The van der Waals surface area contributed by atoms with E-state index in [0.29, 0.717) is 17.6 Å². The van der Waals surface area contributed by atoms with E-state index >= 15 is 0 Å². The summed E-state index contributed by atoms with van der Waals surface area (Å²) in [5, 5.41) is 3.71. The minimum Gasteiger partial charge on any atom is -0.377 e. The monoisotopic (exact) mass is 296 g/mol. The number of nitrogens with one attached hydrogen (secondary N) is 1. The summed E-state index contributed by atoms with van der Waals surface area (Å²) < 4.78 is 5.91. The molecular formula is C18H36N2O. The normalized spacial score (nSPS) is 26.4. The summed E-state index contributed by atoms with van der Waals surface area (Å²) in [6.07, 6.45) is 11.4. The Balaban J connectivity index is 1.84. The molecule has 3 heteroatoms. The summed E-state index contributed by atoms with van der Waals surface area (Å²) in [6.45, 7) is 9.02. The minimum absolute atomic E-state index is 0.474. The molecule has 1 atom stereocenters. The van der Waals surface area contributed by atoms with Crippen LogP contribution in [0.4, 0.5) is 0 Å². The summed E-state index contributed by atoms with van der Waals surface area (Å²) in [5.74, 6) is 0. The van der Waals surface area contributed by atoms with Gasteiger partial charge in [-0.1, -0.05) is 33.1 Å². The van der Waals surface area contributed by atoms with Crippen molar-refractivity contribution in [2.45, 2.75) is 77.4 Å². The van der Waals surface area contributed by atoms with Gasteiger partial charge in [0.05, 0.1) is 6.10 Å². The van der Waals surface area contributed by atoms with Gasteiger partial charge in [0.25, 0.3) is 0 Å². The topological polar surface area (TPSA) is 24.5 Å². The third-order valence-electron chi connectivity index (χ3n) is 5.19. The molecule has 2 rings (SSSR count). The van der Waals surface area contributed by atoms with Crippen molar-refractivity contribution in [1.82, 2.24) is 10.2 Å². The Labute approximate surface area is 131 Å². The van der Waals surface area contributed by atoms with Gasteiger partial charge in [-0.05, 0) is 44.6 Å². The van der Waals surface area contributed by atoms with E-state index in [0.717, 1.165) is 13.2 Å². The summed E-state index contributed by atoms with van der Waals surface area (Å²) in [5.41, 5.74) is 0.492. The molecule has 0 amide bonds. The first kappa shape index (κ1) is 17.2. The fraction of sp³-hybridized carbons (Fsp3) is 1.00. The highest BCUT2D eigenvalue weighted by molar-refractivity contribution is 4.88. The second-order valence-corrected chi connectivity index (χ2v) is 7.78. The van der Waals surface area contributed by atoms with Gasteiger partial charge in [-0.15, -0.1) is 0 Å². The van der Waals surface area contributed by atoms with Gasteiger partial charge in [-0.25, -0.2) is 0 Å². The van der Waals surface area contributed by atoms with Crippen molar-refractivity contribution in [2.24, 2.45) is 5.41 Å². The molecule has 1 N–H and O–H groups in total. The van der Waals surface area contributed by atoms with Crippen LogP contribution in [0.3, 0.4) is 0 Å². The highest BCUT2D eigenvalue weighted by Gasteiger charge is 2.33. The minimum atomic E-state index is 0.474. The largest absolute Gasteiger partial charge is 0.377 e. The van der Waals surface area contributed by atoms with Crippen LogP contribution in [0.5, 0.6) is 0 Å². The lowest BCUT2D eigenvalue weighted by Gasteiger charge is -2.42. The highest BCUT2D eigenvalue weighted by Crippen LogP contribution is 2.36. The van der Waals surface area contributed by atoms with E-state index in [1.54, 1.807) is 0 Å². The van der Waals surface area contributed by atoms with Crippen LogP contribution in [0.2, 0.25) is 0 Å². The zero-order chi connectivity index (χ0) is 15.1. The Morgan fingerprint density at radius 1 is 1.14 bits per heavy atom. The van der Waals surface area contributed by atoms with Crippen LogP contribution in [0.25, 0.3) is 0 Å². The van der Waals surface area contributed by atoms with Gasteiger partial charge >= 0.3 is 0 Å². The molecule has 21 heavy (non-hydrogen) atoms. The molecule has 1 aliphatic heterocycles. The zero-order valence-corrected chi connectivity index (χ0v) is 14.5. The lowest BCUT2D eigenvalue weighted by atomic mass is 9.73. The van der Waals surface area contributed by atoms with Crippen molar-refractivity contribution in [1.29, 1.82) is 0 Å².